The van der Waals surface area contributed by atoms with E-state index >= 15 is 0 Å². The first-order valence-electron chi connectivity index (χ1n) is 4.53. The van der Waals surface area contributed by atoms with E-state index < -0.39 is 10.4 Å². The van der Waals surface area contributed by atoms with Gasteiger partial charge >= 0.3 is 0 Å². The van der Waals surface area contributed by atoms with Gasteiger partial charge < -0.3 is 4.55 Å². The van der Waals surface area contributed by atoms with E-state index in [-0.39, 0.29) is 0 Å². The smallest absolute Gasteiger partial charge is 0.229 e. The van der Waals surface area contributed by atoms with Crippen molar-refractivity contribution in [3.05, 3.63) is 48.8 Å². The molecule has 0 aliphatic carbocycles. The number of aromatic amines is 1. The number of hydrogen-bond acceptors (Lipinski definition) is 4. The van der Waals surface area contributed by atoms with Crippen molar-refractivity contribution in [2.24, 2.45) is 0 Å². The first-order chi connectivity index (χ1) is 7.97. The highest BCUT2D eigenvalue weighted by Gasteiger charge is 2.01. The molecule has 0 fully saturated rings. The summed E-state index contributed by atoms with van der Waals surface area (Å²) in [7, 11) is -4.92. The zero-order chi connectivity index (χ0) is 12.7. The topological polar surface area (TPSA) is 104 Å². The minimum Gasteiger partial charge on any atom is -0.726 e. The Labute approximate surface area is 98.6 Å². The molecule has 2 aromatic heterocycles. The van der Waals surface area contributed by atoms with Crippen molar-refractivity contribution >= 4 is 10.4 Å². The molecule has 6 nitrogen and oxygen atoms in total. The van der Waals surface area contributed by atoms with Gasteiger partial charge in [-0.25, -0.2) is 18.4 Å². The summed E-state index contributed by atoms with van der Waals surface area (Å²) in [6.07, 6.45) is 3.68. The third-order valence-electron chi connectivity index (χ3n) is 1.65. The molecule has 90 valence electrons. The Balaban J connectivity index is 0.000000249. The van der Waals surface area contributed by atoms with Gasteiger partial charge in [-0.1, -0.05) is 6.07 Å². The normalized spacial score (nSPS) is 10.2. The van der Waals surface area contributed by atoms with Gasteiger partial charge in [0.2, 0.25) is 16.1 Å². The lowest BCUT2D eigenvalue weighted by atomic mass is 10.2. The van der Waals surface area contributed by atoms with Crippen molar-refractivity contribution < 1.29 is 22.5 Å². The zero-order valence-electron chi connectivity index (χ0n) is 8.65. The second kappa shape index (κ2) is 6.04. The highest BCUT2D eigenvalue weighted by molar-refractivity contribution is 7.79. The molecule has 2 heterocycles. The lowest BCUT2D eigenvalue weighted by Crippen LogP contribution is -2.04. The number of pyridine rings is 2. The zero-order valence-corrected chi connectivity index (χ0v) is 9.46. The average molecular weight is 254 g/mol. The molecule has 7 heteroatoms. The van der Waals surface area contributed by atoms with Gasteiger partial charge in [-0.3, -0.25) is 4.55 Å². The minimum atomic E-state index is -4.92. The van der Waals surface area contributed by atoms with Crippen LogP contribution in [0, 0.1) is 0 Å². The van der Waals surface area contributed by atoms with Crippen molar-refractivity contribution in [2.75, 3.05) is 0 Å². The second-order valence-electron chi connectivity index (χ2n) is 2.92. The van der Waals surface area contributed by atoms with Crippen LogP contribution >= 0.6 is 0 Å². The van der Waals surface area contributed by atoms with Crippen LogP contribution in [-0.4, -0.2) is 22.5 Å². The average Bonchev–Trinajstić information content (AvgIpc) is 2.29. The molecule has 17 heavy (non-hydrogen) atoms. The van der Waals surface area contributed by atoms with E-state index in [2.05, 4.69) is 9.97 Å². The van der Waals surface area contributed by atoms with Crippen LogP contribution in [0.25, 0.3) is 11.4 Å². The van der Waals surface area contributed by atoms with Crippen molar-refractivity contribution in [3.63, 3.8) is 0 Å². The fourth-order valence-electron chi connectivity index (χ4n) is 1.07. The first-order valence-corrected chi connectivity index (χ1v) is 5.90. The van der Waals surface area contributed by atoms with Crippen LogP contribution in [0.15, 0.2) is 48.8 Å². The van der Waals surface area contributed by atoms with E-state index in [0.29, 0.717) is 0 Å². The molecule has 0 atom stereocenters. The van der Waals surface area contributed by atoms with E-state index in [1.165, 1.54) is 0 Å². The van der Waals surface area contributed by atoms with Crippen molar-refractivity contribution in [1.82, 2.24) is 4.98 Å². The summed E-state index contributed by atoms with van der Waals surface area (Å²) in [6, 6.07) is 11.8. The fourth-order valence-corrected chi connectivity index (χ4v) is 1.07. The molecular weight excluding hydrogens is 244 g/mol. The second-order valence-corrected chi connectivity index (χ2v) is 3.77. The maximum absolute atomic E-state index is 8.63. The van der Waals surface area contributed by atoms with Gasteiger partial charge in [0.15, 0.2) is 6.20 Å². The first kappa shape index (κ1) is 13.2. The van der Waals surface area contributed by atoms with E-state index in [0.717, 1.165) is 11.4 Å². The number of nitrogens with one attached hydrogen (secondary N) is 1. The molecule has 0 spiro atoms. The number of aromatic nitrogens is 2. The molecule has 2 N–H and O–H groups in total. The highest BCUT2D eigenvalue weighted by atomic mass is 32.3. The Bertz CT molecular complexity index is 498. The maximum atomic E-state index is 8.63. The standard InChI is InChI=1S/C10H8N2.H2O4S/c1-3-7-11-9(5-1)10-6-2-4-8-12-10;1-5(2,3)4/h1-8H;(H2,1,2,3,4). The maximum Gasteiger partial charge on any atom is 0.229 e. The molecule has 2 aromatic rings. The van der Waals surface area contributed by atoms with Crippen molar-refractivity contribution in [3.8, 4) is 11.4 Å². The molecule has 0 radical (unpaired) electrons. The number of H-pyrrole nitrogens is 1. The number of nitrogens with zero attached hydrogens (tertiary/aromatic N) is 1. The van der Waals surface area contributed by atoms with Crippen molar-refractivity contribution in [2.45, 2.75) is 0 Å². The third-order valence-corrected chi connectivity index (χ3v) is 1.65. The summed E-state index contributed by atoms with van der Waals surface area (Å²) in [5.74, 6) is 0. The summed E-state index contributed by atoms with van der Waals surface area (Å²) in [5, 5.41) is 0. The van der Waals surface area contributed by atoms with Crippen LogP contribution in [0.3, 0.4) is 0 Å². The molecule has 0 aliphatic heterocycles. The summed E-state index contributed by atoms with van der Waals surface area (Å²) < 4.78 is 32.8. The summed E-state index contributed by atoms with van der Waals surface area (Å²) >= 11 is 0. The Morgan fingerprint density at radius 3 is 2.29 bits per heavy atom. The predicted octanol–water partition coefficient (Wildman–Crippen LogP) is 0.567. The Morgan fingerprint density at radius 1 is 1.18 bits per heavy atom. The van der Waals surface area contributed by atoms with E-state index in [4.69, 9.17) is 17.5 Å². The molecule has 2 rings (SSSR count). The quantitative estimate of drug-likeness (QED) is 0.591. The summed E-state index contributed by atoms with van der Waals surface area (Å²) in [6.45, 7) is 0. The van der Waals surface area contributed by atoms with Crippen LogP contribution in [0.2, 0.25) is 0 Å². The van der Waals surface area contributed by atoms with Gasteiger partial charge in [0.05, 0.1) is 0 Å². The van der Waals surface area contributed by atoms with Gasteiger partial charge in [-0.05, 0) is 18.2 Å². The Morgan fingerprint density at radius 2 is 1.82 bits per heavy atom. The molecule has 0 aliphatic rings. The predicted molar refractivity (Wildman–Crippen MR) is 58.6 cm³/mol. The van der Waals surface area contributed by atoms with Crippen LogP contribution in [0.4, 0.5) is 0 Å². The van der Waals surface area contributed by atoms with Crippen LogP contribution in [-0.2, 0) is 10.4 Å². The number of hydrogen-bond donors (Lipinski definition) is 1. The molecule has 0 saturated heterocycles. The lowest BCUT2D eigenvalue weighted by Gasteiger charge is -1.90. The molecule has 0 amide bonds. The van der Waals surface area contributed by atoms with Gasteiger partial charge in [0, 0.05) is 18.3 Å². The molecule has 0 unspecified atom stereocenters. The fraction of sp³-hybridized carbons (Fsp3) is 0. The molecule has 0 bridgehead atoms. The van der Waals surface area contributed by atoms with Crippen LogP contribution in [0.5, 0.6) is 0 Å². The van der Waals surface area contributed by atoms with E-state index in [1.54, 1.807) is 6.20 Å². The van der Waals surface area contributed by atoms with Crippen molar-refractivity contribution in [1.29, 1.82) is 0 Å². The Kier molecular flexibility index (Phi) is 4.70. The molecule has 0 aromatic carbocycles. The largest absolute Gasteiger partial charge is 0.726 e. The summed E-state index contributed by atoms with van der Waals surface area (Å²) in [5.41, 5.74) is 2.01. The third kappa shape index (κ3) is 6.36. The van der Waals surface area contributed by atoms with Gasteiger partial charge in [-0.2, -0.15) is 0 Å². The van der Waals surface area contributed by atoms with E-state index in [9.17, 15) is 0 Å². The highest BCUT2D eigenvalue weighted by Crippen LogP contribution is 2.07. The lowest BCUT2D eigenvalue weighted by molar-refractivity contribution is -0.364. The number of rotatable bonds is 1. The van der Waals surface area contributed by atoms with Gasteiger partial charge in [-0.15, -0.1) is 0 Å². The summed E-state index contributed by atoms with van der Waals surface area (Å²) in [4.78, 5) is 7.34. The van der Waals surface area contributed by atoms with Crippen LogP contribution in [0.1, 0.15) is 0 Å². The molecular formula is C10H10N2O4S. The minimum absolute atomic E-state index is 0.970. The van der Waals surface area contributed by atoms with E-state index in [1.807, 2.05) is 42.6 Å². The van der Waals surface area contributed by atoms with Gasteiger partial charge in [0.1, 0.15) is 5.69 Å². The SMILES string of the molecule is O=S(=O)([O-])O.c1ccc(-c2cccc[nH+]2)nc1. The van der Waals surface area contributed by atoms with Gasteiger partial charge in [0.25, 0.3) is 0 Å². The molecule has 0 saturated carbocycles. The van der Waals surface area contributed by atoms with Crippen LogP contribution < -0.4 is 4.98 Å². The monoisotopic (exact) mass is 254 g/mol. The Hall–Kier alpha value is -1.83.